The second-order valence-electron chi connectivity index (χ2n) is 4.77. The summed E-state index contributed by atoms with van der Waals surface area (Å²) < 4.78 is 0. The second-order valence-corrected chi connectivity index (χ2v) is 4.77. The predicted molar refractivity (Wildman–Crippen MR) is 57.2 cm³/mol. The Labute approximate surface area is 86.7 Å². The van der Waals surface area contributed by atoms with Gasteiger partial charge in [0.05, 0.1) is 0 Å². The van der Waals surface area contributed by atoms with Crippen LogP contribution < -0.4 is 0 Å². The molecule has 0 amide bonds. The van der Waals surface area contributed by atoms with Crippen molar-refractivity contribution in [2.24, 2.45) is 11.8 Å². The summed E-state index contributed by atoms with van der Waals surface area (Å²) in [4.78, 5) is 10.3. The van der Waals surface area contributed by atoms with Crippen molar-refractivity contribution in [3.8, 4) is 0 Å². The molecule has 0 aliphatic heterocycles. The molecule has 2 heteroatoms. The molecule has 1 aliphatic rings. The van der Waals surface area contributed by atoms with E-state index in [1.54, 1.807) is 0 Å². The van der Waals surface area contributed by atoms with Crippen LogP contribution in [-0.4, -0.2) is 11.1 Å². The molecule has 1 aliphatic carbocycles. The van der Waals surface area contributed by atoms with Gasteiger partial charge in [0.2, 0.25) is 0 Å². The molecule has 0 aromatic carbocycles. The maximum atomic E-state index is 10.3. The minimum absolute atomic E-state index is 0.340. The Morgan fingerprint density at radius 3 is 2.57 bits per heavy atom. The Bertz CT molecular complexity index is 173. The molecule has 1 N–H and O–H groups in total. The van der Waals surface area contributed by atoms with Gasteiger partial charge in [-0.15, -0.1) is 0 Å². The molecule has 2 nitrogen and oxygen atoms in total. The van der Waals surface area contributed by atoms with E-state index in [-0.39, 0.29) is 0 Å². The minimum Gasteiger partial charge on any atom is -0.481 e. The first-order valence-electron chi connectivity index (χ1n) is 5.90. The van der Waals surface area contributed by atoms with E-state index in [4.69, 9.17) is 5.11 Å². The van der Waals surface area contributed by atoms with Crippen LogP contribution in [0.1, 0.15) is 58.3 Å². The average molecular weight is 198 g/mol. The van der Waals surface area contributed by atoms with Gasteiger partial charge in [0.25, 0.3) is 0 Å². The molecule has 1 fully saturated rings. The van der Waals surface area contributed by atoms with Gasteiger partial charge in [0.15, 0.2) is 0 Å². The summed E-state index contributed by atoms with van der Waals surface area (Å²) in [5, 5.41) is 8.48. The van der Waals surface area contributed by atoms with E-state index in [2.05, 4.69) is 6.92 Å². The summed E-state index contributed by atoms with van der Waals surface area (Å²) in [6.45, 7) is 2.24. The lowest BCUT2D eigenvalue weighted by Crippen LogP contribution is -1.99. The fourth-order valence-electron chi connectivity index (χ4n) is 1.91. The molecule has 0 aromatic heterocycles. The Hall–Kier alpha value is -0.530. The highest BCUT2D eigenvalue weighted by Gasteiger charge is 2.20. The van der Waals surface area contributed by atoms with Crippen LogP contribution >= 0.6 is 0 Å². The van der Waals surface area contributed by atoms with Crippen LogP contribution in [0, 0.1) is 11.8 Å². The molecule has 0 bridgehead atoms. The van der Waals surface area contributed by atoms with Crippen LogP contribution in [0.4, 0.5) is 0 Å². The molecular formula is C12H22O2. The van der Waals surface area contributed by atoms with E-state index in [1.807, 2.05) is 0 Å². The van der Waals surface area contributed by atoms with E-state index in [9.17, 15) is 4.79 Å². The third-order valence-corrected chi connectivity index (χ3v) is 3.09. The van der Waals surface area contributed by atoms with Gasteiger partial charge in [-0.25, -0.2) is 0 Å². The summed E-state index contributed by atoms with van der Waals surface area (Å²) >= 11 is 0. The number of aliphatic carboxylic acids is 1. The Balaban J connectivity index is 1.86. The zero-order chi connectivity index (χ0) is 10.4. The highest BCUT2D eigenvalue weighted by atomic mass is 16.4. The van der Waals surface area contributed by atoms with Gasteiger partial charge in [0.1, 0.15) is 0 Å². The molecule has 0 aromatic rings. The van der Waals surface area contributed by atoms with Gasteiger partial charge in [-0.05, 0) is 18.3 Å². The van der Waals surface area contributed by atoms with E-state index in [0.717, 1.165) is 18.8 Å². The normalized spacial score (nSPS) is 18.1. The lowest BCUT2D eigenvalue weighted by molar-refractivity contribution is -0.137. The first-order valence-corrected chi connectivity index (χ1v) is 5.90. The summed E-state index contributed by atoms with van der Waals surface area (Å²) in [5.41, 5.74) is 0. The number of carboxylic acids is 1. The summed E-state index contributed by atoms with van der Waals surface area (Å²) in [6.07, 6.45) is 9.21. The van der Waals surface area contributed by atoms with Crippen molar-refractivity contribution in [2.75, 3.05) is 0 Å². The van der Waals surface area contributed by atoms with Gasteiger partial charge in [-0.2, -0.15) is 0 Å². The zero-order valence-corrected chi connectivity index (χ0v) is 9.17. The first-order chi connectivity index (χ1) is 6.68. The largest absolute Gasteiger partial charge is 0.481 e. The molecule has 14 heavy (non-hydrogen) atoms. The van der Waals surface area contributed by atoms with Gasteiger partial charge in [-0.1, -0.05) is 45.4 Å². The van der Waals surface area contributed by atoms with E-state index in [1.165, 1.54) is 32.1 Å². The maximum Gasteiger partial charge on any atom is 0.303 e. The van der Waals surface area contributed by atoms with E-state index in [0.29, 0.717) is 12.3 Å². The molecule has 0 heterocycles. The fourth-order valence-corrected chi connectivity index (χ4v) is 1.91. The zero-order valence-electron chi connectivity index (χ0n) is 9.17. The van der Waals surface area contributed by atoms with Crippen molar-refractivity contribution in [3.05, 3.63) is 0 Å². The Morgan fingerprint density at radius 1 is 1.36 bits per heavy atom. The van der Waals surface area contributed by atoms with Crippen molar-refractivity contribution in [1.82, 2.24) is 0 Å². The van der Waals surface area contributed by atoms with Gasteiger partial charge >= 0.3 is 5.97 Å². The van der Waals surface area contributed by atoms with Crippen LogP contribution in [0.2, 0.25) is 0 Å². The highest BCUT2D eigenvalue weighted by Crippen LogP contribution is 2.34. The number of carbonyl (C=O) groups is 1. The predicted octanol–water partition coefficient (Wildman–Crippen LogP) is 3.46. The quantitative estimate of drug-likeness (QED) is 0.648. The van der Waals surface area contributed by atoms with Gasteiger partial charge < -0.3 is 5.11 Å². The molecule has 1 rings (SSSR count). The standard InChI is InChI=1S/C12H22O2/c1-10(5-3-7-12(13)14)4-2-6-11-8-9-11/h10-11H,2-9H2,1H3,(H,13,14). The van der Waals surface area contributed by atoms with Crippen LogP contribution in [0.3, 0.4) is 0 Å². The van der Waals surface area contributed by atoms with Crippen molar-refractivity contribution in [3.63, 3.8) is 0 Å². The SMILES string of the molecule is CC(CCCC(=O)O)CCCC1CC1. The third kappa shape index (κ3) is 6.01. The fraction of sp³-hybridized carbons (Fsp3) is 0.917. The molecular weight excluding hydrogens is 176 g/mol. The molecule has 1 unspecified atom stereocenters. The Kier molecular flexibility index (Phi) is 4.99. The van der Waals surface area contributed by atoms with Crippen LogP contribution in [-0.2, 0) is 4.79 Å². The highest BCUT2D eigenvalue weighted by molar-refractivity contribution is 5.66. The molecule has 0 saturated heterocycles. The smallest absolute Gasteiger partial charge is 0.303 e. The number of carboxylic acid groups (broad SMARTS) is 1. The van der Waals surface area contributed by atoms with Crippen LogP contribution in [0.15, 0.2) is 0 Å². The maximum absolute atomic E-state index is 10.3. The van der Waals surface area contributed by atoms with E-state index < -0.39 is 5.97 Å². The second kappa shape index (κ2) is 6.05. The minimum atomic E-state index is -0.657. The monoisotopic (exact) mass is 198 g/mol. The average Bonchev–Trinajstić information content (AvgIpc) is 2.87. The summed E-state index contributed by atoms with van der Waals surface area (Å²) in [7, 11) is 0. The van der Waals surface area contributed by atoms with Gasteiger partial charge in [0, 0.05) is 6.42 Å². The van der Waals surface area contributed by atoms with Crippen molar-refractivity contribution in [2.45, 2.75) is 58.3 Å². The Morgan fingerprint density at radius 2 is 2.00 bits per heavy atom. The van der Waals surface area contributed by atoms with Crippen molar-refractivity contribution >= 4 is 5.97 Å². The molecule has 0 spiro atoms. The van der Waals surface area contributed by atoms with E-state index >= 15 is 0 Å². The third-order valence-electron chi connectivity index (χ3n) is 3.09. The van der Waals surface area contributed by atoms with Crippen molar-refractivity contribution < 1.29 is 9.90 Å². The first kappa shape index (κ1) is 11.5. The van der Waals surface area contributed by atoms with Crippen LogP contribution in [0.25, 0.3) is 0 Å². The molecule has 0 radical (unpaired) electrons. The molecule has 82 valence electrons. The van der Waals surface area contributed by atoms with Crippen molar-refractivity contribution in [1.29, 1.82) is 0 Å². The summed E-state index contributed by atoms with van der Waals surface area (Å²) in [6, 6.07) is 0. The van der Waals surface area contributed by atoms with Gasteiger partial charge in [-0.3, -0.25) is 4.79 Å². The lowest BCUT2D eigenvalue weighted by atomic mass is 9.97. The lowest BCUT2D eigenvalue weighted by Gasteiger charge is -2.09. The number of hydrogen-bond donors (Lipinski definition) is 1. The van der Waals surface area contributed by atoms with Crippen LogP contribution in [0.5, 0.6) is 0 Å². The topological polar surface area (TPSA) is 37.3 Å². The number of rotatable bonds is 8. The summed E-state index contributed by atoms with van der Waals surface area (Å²) in [5.74, 6) is 1.10. The number of hydrogen-bond acceptors (Lipinski definition) is 1. The molecule has 1 atom stereocenters. The molecule has 1 saturated carbocycles.